The zero-order chi connectivity index (χ0) is 23.4. The highest BCUT2D eigenvalue weighted by atomic mass is 19.4. The highest BCUT2D eigenvalue weighted by Gasteiger charge is 2.38. The maximum Gasteiger partial charge on any atom is 0.391 e. The molecule has 3 nitrogen and oxygen atoms in total. The molecule has 176 valence electrons. The zero-order valence-corrected chi connectivity index (χ0v) is 19.1. The first kappa shape index (κ1) is 25.9. The van der Waals surface area contributed by atoms with Crippen LogP contribution in [0.15, 0.2) is 42.6 Å². The standard InChI is InChI=1S/C26H34F3NO2/c1-3-5-7-8-9-20-11-16-24(30-19-20)21-12-14-22(15-13-21)25(31)32-18-17-23(10-6-4-2)26(27,28)29/h11-16,19,23H,3-10,17-18H2,1-2H3. The van der Waals surface area contributed by atoms with Crippen LogP contribution in [0.25, 0.3) is 11.3 Å². The van der Waals surface area contributed by atoms with Gasteiger partial charge in [0.15, 0.2) is 0 Å². The first-order valence-corrected chi connectivity index (χ1v) is 11.6. The Morgan fingerprint density at radius 3 is 2.25 bits per heavy atom. The SMILES string of the molecule is CCCCCCc1ccc(-c2ccc(C(=O)OCCC(CCCC)C(F)(F)F)cc2)nc1. The van der Waals surface area contributed by atoms with Gasteiger partial charge in [0.1, 0.15) is 0 Å². The average Bonchev–Trinajstić information content (AvgIpc) is 2.78. The summed E-state index contributed by atoms with van der Waals surface area (Å²) < 4.78 is 44.3. The molecule has 1 aromatic heterocycles. The molecule has 0 fully saturated rings. The third-order valence-electron chi connectivity index (χ3n) is 5.63. The third kappa shape index (κ3) is 8.64. The number of nitrogens with zero attached hydrogens (tertiary/aromatic N) is 1. The molecule has 0 bridgehead atoms. The molecular weight excluding hydrogens is 415 g/mol. The molecule has 0 amide bonds. The second-order valence-electron chi connectivity index (χ2n) is 8.25. The summed E-state index contributed by atoms with van der Waals surface area (Å²) in [5.41, 5.74) is 3.21. The van der Waals surface area contributed by atoms with E-state index in [-0.39, 0.29) is 19.4 Å². The van der Waals surface area contributed by atoms with Crippen LogP contribution in [0.2, 0.25) is 0 Å². The van der Waals surface area contributed by atoms with E-state index in [0.717, 1.165) is 24.1 Å². The van der Waals surface area contributed by atoms with Gasteiger partial charge in [0.25, 0.3) is 0 Å². The lowest BCUT2D eigenvalue weighted by Gasteiger charge is -2.19. The van der Waals surface area contributed by atoms with Crippen LogP contribution >= 0.6 is 0 Å². The summed E-state index contributed by atoms with van der Waals surface area (Å²) in [4.78, 5) is 16.7. The van der Waals surface area contributed by atoms with Crippen molar-refractivity contribution in [1.82, 2.24) is 4.98 Å². The highest BCUT2D eigenvalue weighted by Crippen LogP contribution is 2.32. The molecule has 1 unspecified atom stereocenters. The van der Waals surface area contributed by atoms with Gasteiger partial charge in [-0.2, -0.15) is 13.2 Å². The molecule has 0 spiro atoms. The van der Waals surface area contributed by atoms with Gasteiger partial charge in [-0.1, -0.05) is 64.2 Å². The number of carbonyl (C=O) groups is 1. The molecule has 0 N–H and O–H groups in total. The van der Waals surface area contributed by atoms with E-state index in [0.29, 0.717) is 18.4 Å². The highest BCUT2D eigenvalue weighted by molar-refractivity contribution is 5.90. The third-order valence-corrected chi connectivity index (χ3v) is 5.63. The van der Waals surface area contributed by atoms with Gasteiger partial charge in [0.05, 0.1) is 23.8 Å². The quantitative estimate of drug-likeness (QED) is 0.231. The van der Waals surface area contributed by atoms with Crippen LogP contribution < -0.4 is 0 Å². The van der Waals surface area contributed by atoms with E-state index in [9.17, 15) is 18.0 Å². The van der Waals surface area contributed by atoms with Gasteiger partial charge >= 0.3 is 12.1 Å². The Labute approximate surface area is 189 Å². The first-order chi connectivity index (χ1) is 15.3. The molecule has 2 rings (SSSR count). The molecule has 1 heterocycles. The summed E-state index contributed by atoms with van der Waals surface area (Å²) in [5, 5.41) is 0. The Hall–Kier alpha value is -2.37. The second kappa shape index (κ2) is 13.2. The van der Waals surface area contributed by atoms with Crippen molar-refractivity contribution in [1.29, 1.82) is 0 Å². The van der Waals surface area contributed by atoms with Crippen molar-refractivity contribution in [2.75, 3.05) is 6.61 Å². The largest absolute Gasteiger partial charge is 0.462 e. The van der Waals surface area contributed by atoms with Gasteiger partial charge < -0.3 is 4.74 Å². The van der Waals surface area contributed by atoms with Gasteiger partial charge in [0, 0.05) is 11.8 Å². The minimum atomic E-state index is -4.26. The predicted molar refractivity (Wildman–Crippen MR) is 121 cm³/mol. The molecule has 0 aliphatic rings. The number of rotatable bonds is 13. The van der Waals surface area contributed by atoms with E-state index >= 15 is 0 Å². The van der Waals surface area contributed by atoms with E-state index in [4.69, 9.17) is 4.74 Å². The lowest BCUT2D eigenvalue weighted by Crippen LogP contribution is -2.25. The number of pyridine rings is 1. The zero-order valence-electron chi connectivity index (χ0n) is 19.1. The van der Waals surface area contributed by atoms with Gasteiger partial charge in [-0.25, -0.2) is 4.79 Å². The molecule has 2 aromatic rings. The number of hydrogen-bond donors (Lipinski definition) is 0. The predicted octanol–water partition coefficient (Wildman–Crippen LogP) is 7.79. The Balaban J connectivity index is 1.86. The average molecular weight is 450 g/mol. The number of unbranched alkanes of at least 4 members (excludes halogenated alkanes) is 4. The monoisotopic (exact) mass is 449 g/mol. The maximum atomic E-state index is 13.1. The van der Waals surface area contributed by atoms with E-state index in [1.54, 1.807) is 24.3 Å². The number of carbonyl (C=O) groups excluding carboxylic acids is 1. The number of aromatic nitrogens is 1. The minimum absolute atomic E-state index is 0.0662. The molecule has 32 heavy (non-hydrogen) atoms. The van der Waals surface area contributed by atoms with Crippen molar-refractivity contribution in [3.63, 3.8) is 0 Å². The minimum Gasteiger partial charge on any atom is -0.462 e. The number of halogens is 3. The fourth-order valence-electron chi connectivity index (χ4n) is 3.58. The molecule has 0 saturated heterocycles. The smallest absolute Gasteiger partial charge is 0.391 e. The normalized spacial score (nSPS) is 12.5. The van der Waals surface area contributed by atoms with Crippen molar-refractivity contribution >= 4 is 5.97 Å². The van der Waals surface area contributed by atoms with Crippen LogP contribution in [0.4, 0.5) is 13.2 Å². The number of alkyl halides is 3. The first-order valence-electron chi connectivity index (χ1n) is 11.6. The molecular formula is C26H34F3NO2. The molecule has 1 aromatic carbocycles. The van der Waals surface area contributed by atoms with Crippen molar-refractivity contribution in [3.05, 3.63) is 53.7 Å². The summed E-state index contributed by atoms with van der Waals surface area (Å²) in [7, 11) is 0. The Kier molecular flexibility index (Phi) is 10.7. The van der Waals surface area contributed by atoms with E-state index in [1.807, 2.05) is 19.2 Å². The van der Waals surface area contributed by atoms with Crippen LogP contribution in [-0.4, -0.2) is 23.7 Å². The summed E-state index contributed by atoms with van der Waals surface area (Å²) in [5.74, 6) is -2.04. The van der Waals surface area contributed by atoms with E-state index in [1.165, 1.54) is 24.8 Å². The fraction of sp³-hybridized carbons (Fsp3) is 0.538. The van der Waals surface area contributed by atoms with E-state index < -0.39 is 18.1 Å². The van der Waals surface area contributed by atoms with Gasteiger partial charge in [-0.05, 0) is 49.4 Å². The van der Waals surface area contributed by atoms with Crippen LogP contribution in [-0.2, 0) is 11.2 Å². The van der Waals surface area contributed by atoms with E-state index in [2.05, 4.69) is 18.0 Å². The van der Waals surface area contributed by atoms with Crippen molar-refractivity contribution < 1.29 is 22.7 Å². The number of benzene rings is 1. The molecule has 0 aliphatic heterocycles. The molecule has 6 heteroatoms. The van der Waals surface area contributed by atoms with Crippen LogP contribution in [0.5, 0.6) is 0 Å². The van der Waals surface area contributed by atoms with Crippen LogP contribution in [0, 0.1) is 5.92 Å². The van der Waals surface area contributed by atoms with Crippen molar-refractivity contribution in [2.45, 2.75) is 77.8 Å². The topological polar surface area (TPSA) is 39.2 Å². The van der Waals surface area contributed by atoms with Crippen LogP contribution in [0.1, 0.15) is 81.1 Å². The molecule has 1 atom stereocenters. The van der Waals surface area contributed by atoms with Crippen molar-refractivity contribution in [3.8, 4) is 11.3 Å². The molecule has 0 radical (unpaired) electrons. The molecule has 0 aliphatic carbocycles. The lowest BCUT2D eigenvalue weighted by molar-refractivity contribution is -0.180. The Bertz CT molecular complexity index is 801. The summed E-state index contributed by atoms with van der Waals surface area (Å²) >= 11 is 0. The Morgan fingerprint density at radius 2 is 1.66 bits per heavy atom. The van der Waals surface area contributed by atoms with Crippen molar-refractivity contribution in [2.24, 2.45) is 5.92 Å². The van der Waals surface area contributed by atoms with Gasteiger partial charge in [-0.3, -0.25) is 4.98 Å². The number of hydrogen-bond acceptors (Lipinski definition) is 3. The number of aryl methyl sites for hydroxylation is 1. The number of esters is 1. The lowest BCUT2D eigenvalue weighted by atomic mass is 9.98. The fourth-order valence-corrected chi connectivity index (χ4v) is 3.58. The van der Waals surface area contributed by atoms with Gasteiger partial charge in [0.2, 0.25) is 0 Å². The Morgan fingerprint density at radius 1 is 0.938 bits per heavy atom. The second-order valence-corrected chi connectivity index (χ2v) is 8.25. The molecule has 0 saturated carbocycles. The van der Waals surface area contributed by atoms with Crippen LogP contribution in [0.3, 0.4) is 0 Å². The summed E-state index contributed by atoms with van der Waals surface area (Å²) in [6, 6.07) is 10.8. The number of ether oxygens (including phenoxy) is 1. The van der Waals surface area contributed by atoms with Gasteiger partial charge in [-0.15, -0.1) is 0 Å². The maximum absolute atomic E-state index is 13.1. The summed E-state index contributed by atoms with van der Waals surface area (Å²) in [6.07, 6.45) is 4.57. The summed E-state index contributed by atoms with van der Waals surface area (Å²) in [6.45, 7) is 3.81.